The number of nitrogens with zero attached hydrogens (tertiary/aromatic N) is 4. The largest absolute Gasteiger partial charge is 0.453 e. The second-order valence-corrected chi connectivity index (χ2v) is 36.4. The van der Waals surface area contributed by atoms with E-state index in [0.29, 0.717) is 51.0 Å². The van der Waals surface area contributed by atoms with Gasteiger partial charge < -0.3 is 14.4 Å². The number of carbonyl (C=O) groups excluding carboxylic acids is 2. The standard InChI is InChI=1S/C64H66N2O2S2.C36H36F2N2O2S2/c1-3-5-7-11-43-17-21-45(22-18-43)47-25-29-49(30-26-47)51-33-37-53(38-34-51)69-61-15-9-13-57-63(61)65-55-41-60-56(42-59(55)67-57)66-64-58(68-60)14-10-16-62(64)70-54-39-35-52(36-40-54)50-31-27-48(28-32-50)46-23-19-44(20-24-46)12-8-6-4-2;1-3-4-5-8-23-11-13-24(14-12-23)27-19-20-28(34(38)33(27)37)25-15-17-26(18-16-25)40-35(41)31(44-36(40)42)21-22-32-39(2)29-9-6-7-10-30(29)43-32/h9-10,13-16,25-46H,3-8,11-12,17-24H2,1-2H3;6-7,9-10,15-24H,3-5,8,11-14H2,1-2H3/b;31-21-,32-22+. The molecule has 114 heavy (non-hydrogen) atoms. The Bertz CT molecular complexity index is 5070. The van der Waals surface area contributed by atoms with Crippen molar-refractivity contribution < 1.29 is 27.8 Å². The molecule has 14 heteroatoms. The van der Waals surface area contributed by atoms with Gasteiger partial charge in [-0.1, -0.05) is 254 Å². The van der Waals surface area contributed by atoms with Crippen molar-refractivity contribution in [1.82, 2.24) is 0 Å². The predicted octanol–water partition coefficient (Wildman–Crippen LogP) is 29.8. The molecule has 0 aromatic heterocycles. The minimum atomic E-state index is -0.848. The Labute approximate surface area is 689 Å². The smallest absolute Gasteiger partial charge is 0.298 e. The van der Waals surface area contributed by atoms with E-state index in [2.05, 4.69) is 130 Å². The summed E-state index contributed by atoms with van der Waals surface area (Å²) in [7, 11) is 1.97. The molecule has 17 rings (SSSR count). The molecule has 1 saturated heterocycles. The zero-order valence-electron chi connectivity index (χ0n) is 66.0. The molecule has 0 bridgehead atoms. The molecule has 10 aromatic rings. The van der Waals surface area contributed by atoms with Crippen LogP contribution < -0.4 is 30.0 Å². The average molecular weight is 1590 g/mol. The highest BCUT2D eigenvalue weighted by molar-refractivity contribution is 8.18. The van der Waals surface area contributed by atoms with Crippen LogP contribution in [0.3, 0.4) is 0 Å². The van der Waals surface area contributed by atoms with Crippen LogP contribution in [0.15, 0.2) is 263 Å². The van der Waals surface area contributed by atoms with Crippen LogP contribution in [-0.4, -0.2) is 18.2 Å². The first kappa shape index (κ1) is 78.9. The maximum absolute atomic E-state index is 15.4. The van der Waals surface area contributed by atoms with E-state index in [1.807, 2.05) is 78.7 Å². The van der Waals surface area contributed by atoms with E-state index >= 15 is 8.78 Å². The normalized spacial score (nSPS) is 20.2. The molecule has 584 valence electrons. The second-order valence-electron chi connectivity index (χ2n) is 32.1. The third kappa shape index (κ3) is 18.2. The average Bonchev–Trinajstić information content (AvgIpc) is 0.950. The van der Waals surface area contributed by atoms with Crippen LogP contribution in [-0.2, 0) is 4.79 Å². The van der Waals surface area contributed by atoms with Gasteiger partial charge in [-0.05, 0) is 254 Å². The Morgan fingerprint density at radius 2 is 0.895 bits per heavy atom. The highest BCUT2D eigenvalue weighted by Crippen LogP contribution is 2.50. The highest BCUT2D eigenvalue weighted by Gasteiger charge is 2.37. The van der Waals surface area contributed by atoms with Crippen LogP contribution in [0.4, 0.5) is 36.3 Å². The molecule has 0 spiro atoms. The Hall–Kier alpha value is -8.92. The third-order valence-corrected chi connectivity index (χ3v) is 28.8. The zero-order valence-corrected chi connectivity index (χ0v) is 69.3. The fourth-order valence-corrected chi connectivity index (χ4v) is 21.5. The summed E-state index contributed by atoms with van der Waals surface area (Å²) in [6.45, 7) is 6.82. The SMILES string of the molecule is CCCCCC1CCC(c2ccc(-c3ccc(N4C(=O)S/C(=C\C=C5\Sc6ccccc6N5C)C4=O)cc3)c(F)c2F)CC1.CCCCCC1CCC(c2ccc(-c3ccc(Sc4cccc5c4N=c4cc6c(cc4O5)=Nc4c(cccc4Sc4ccc(-c5ccc(C7CCC(CCCCC)CC7)cc5)cc4)O6)cc3)cc2)CC1. The molecule has 3 aliphatic carbocycles. The Kier molecular flexibility index (Phi) is 25.6. The topological polar surface area (TPSA) is 83.8 Å². The van der Waals surface area contributed by atoms with Gasteiger partial charge in [-0.2, -0.15) is 0 Å². The van der Waals surface area contributed by atoms with Gasteiger partial charge in [0, 0.05) is 49.2 Å². The number of imide groups is 1. The number of ether oxygens (including phenoxy) is 2. The number of benzene rings is 10. The van der Waals surface area contributed by atoms with Gasteiger partial charge in [-0.15, -0.1) is 0 Å². The molecule has 8 nitrogen and oxygen atoms in total. The molecule has 10 aromatic carbocycles. The second kappa shape index (κ2) is 36.9. The van der Waals surface area contributed by atoms with Gasteiger partial charge >= 0.3 is 0 Å². The Morgan fingerprint density at radius 1 is 0.447 bits per heavy atom. The van der Waals surface area contributed by atoms with Crippen molar-refractivity contribution in [2.45, 2.75) is 217 Å². The molecule has 3 saturated carbocycles. The molecule has 7 aliphatic rings. The number of thioether (sulfide) groups is 2. The first-order valence-electron chi connectivity index (χ1n) is 42.0. The van der Waals surface area contributed by atoms with Gasteiger partial charge in [0.25, 0.3) is 11.1 Å². The lowest BCUT2D eigenvalue weighted by atomic mass is 9.76. The maximum atomic E-state index is 15.4. The summed E-state index contributed by atoms with van der Waals surface area (Å²) in [5.74, 6) is 4.85. The molecule has 4 aliphatic heterocycles. The predicted molar refractivity (Wildman–Crippen MR) is 469 cm³/mol. The van der Waals surface area contributed by atoms with Crippen LogP contribution in [0.5, 0.6) is 23.0 Å². The number of hydrogen-bond acceptors (Lipinski definition) is 11. The number of allylic oxidation sites excluding steroid dienone is 2. The van der Waals surface area contributed by atoms with Crippen LogP contribution in [0.25, 0.3) is 33.4 Å². The van der Waals surface area contributed by atoms with E-state index in [1.165, 1.54) is 162 Å². The lowest BCUT2D eigenvalue weighted by Gasteiger charge is -2.29. The van der Waals surface area contributed by atoms with Gasteiger partial charge in [0.05, 0.1) is 21.3 Å². The minimum Gasteiger partial charge on any atom is -0.453 e. The first-order valence-corrected chi connectivity index (χ1v) is 45.2. The maximum Gasteiger partial charge on any atom is 0.298 e. The molecular weight excluding hydrogens is 1490 g/mol. The van der Waals surface area contributed by atoms with Crippen molar-refractivity contribution in [3.8, 4) is 56.4 Å². The molecule has 4 heterocycles. The number of amides is 2. The van der Waals surface area contributed by atoms with Gasteiger partial charge in [-0.3, -0.25) is 9.59 Å². The number of hydrogen-bond donors (Lipinski definition) is 0. The van der Waals surface area contributed by atoms with Gasteiger partial charge in [0.2, 0.25) is 0 Å². The zero-order chi connectivity index (χ0) is 78.0. The van der Waals surface area contributed by atoms with Crippen LogP contribution >= 0.6 is 47.0 Å². The van der Waals surface area contributed by atoms with Crippen molar-refractivity contribution >= 4 is 80.9 Å². The van der Waals surface area contributed by atoms with E-state index in [9.17, 15) is 9.59 Å². The van der Waals surface area contributed by atoms with Gasteiger partial charge in [-0.25, -0.2) is 23.7 Å². The van der Waals surface area contributed by atoms with Crippen molar-refractivity contribution in [2.75, 3.05) is 16.8 Å². The summed E-state index contributed by atoms with van der Waals surface area (Å²) in [6, 6.07) is 70.8. The lowest BCUT2D eigenvalue weighted by Crippen LogP contribution is -2.27. The number of carbonyl (C=O) groups is 2. The van der Waals surface area contributed by atoms with E-state index in [0.717, 1.165) is 123 Å². The number of fused-ring (bicyclic) bond motifs is 5. The molecule has 0 N–H and O–H groups in total. The summed E-state index contributed by atoms with van der Waals surface area (Å²) in [4.78, 5) is 45.4. The summed E-state index contributed by atoms with van der Waals surface area (Å²) in [6.07, 6.45) is 34.4. The minimum absolute atomic E-state index is 0.0499. The van der Waals surface area contributed by atoms with Gasteiger partial charge in [0.1, 0.15) is 22.1 Å². The van der Waals surface area contributed by atoms with Crippen molar-refractivity contribution in [2.24, 2.45) is 27.7 Å². The van der Waals surface area contributed by atoms with Crippen LogP contribution in [0.1, 0.15) is 209 Å². The van der Waals surface area contributed by atoms with E-state index < -0.39 is 22.8 Å². The van der Waals surface area contributed by atoms with E-state index in [-0.39, 0.29) is 11.5 Å². The van der Waals surface area contributed by atoms with Crippen LogP contribution in [0.2, 0.25) is 0 Å². The Morgan fingerprint density at radius 3 is 1.36 bits per heavy atom. The summed E-state index contributed by atoms with van der Waals surface area (Å²) >= 11 is 5.91. The molecule has 0 unspecified atom stereocenters. The van der Waals surface area contributed by atoms with Gasteiger partial charge in [0.15, 0.2) is 34.6 Å². The van der Waals surface area contributed by atoms with E-state index in [1.54, 1.807) is 77.8 Å². The highest BCUT2D eigenvalue weighted by atomic mass is 32.2. The monoisotopic (exact) mass is 1590 g/mol. The third-order valence-electron chi connectivity index (χ3n) is 24.6. The quantitative estimate of drug-likeness (QED) is 0.0434. The first-order chi connectivity index (χ1) is 55.9. The van der Waals surface area contributed by atoms with E-state index in [4.69, 9.17) is 19.5 Å². The number of unbranched alkanes of at least 4 members (excludes halogenated alkanes) is 6. The summed E-state index contributed by atoms with van der Waals surface area (Å²) in [5, 5.41) is 2.03. The molecule has 0 radical (unpaired) electrons. The summed E-state index contributed by atoms with van der Waals surface area (Å²) < 4.78 is 43.9. The molecule has 4 fully saturated rings. The molecular formula is C100H102F2N4O4S4. The van der Waals surface area contributed by atoms with Crippen molar-refractivity contribution in [3.63, 3.8) is 0 Å². The van der Waals surface area contributed by atoms with Crippen molar-refractivity contribution in [1.29, 1.82) is 0 Å². The fourth-order valence-electron chi connectivity index (χ4n) is 17.9. The van der Waals surface area contributed by atoms with Crippen molar-refractivity contribution in [3.05, 3.63) is 267 Å². The number of halogens is 2. The van der Waals surface area contributed by atoms with Crippen LogP contribution in [0, 0.1) is 29.4 Å². The number of rotatable bonds is 24. The summed E-state index contributed by atoms with van der Waals surface area (Å²) in [5.41, 5.74) is 12.3. The fraction of sp³-hybridized carbons (Fsp3) is 0.340. The Balaban J connectivity index is 0.000000191. The molecule has 2 amide bonds. The lowest BCUT2D eigenvalue weighted by molar-refractivity contribution is -0.113. The number of para-hydroxylation sites is 3. The number of anilines is 2. The molecule has 0 atom stereocenters.